The molecule has 0 aromatic heterocycles. The van der Waals surface area contributed by atoms with Crippen LogP contribution in [0.15, 0.2) is 29.2 Å². The number of rotatable bonds is 6. The maximum Gasteiger partial charge on any atom is 0.240 e. The molecule has 5 rings (SSSR count). The summed E-state index contributed by atoms with van der Waals surface area (Å²) in [6.07, 6.45) is 6.82. The van der Waals surface area contributed by atoms with E-state index >= 15 is 0 Å². The maximum absolute atomic E-state index is 13.1. The van der Waals surface area contributed by atoms with E-state index in [0.29, 0.717) is 23.4 Å². The van der Waals surface area contributed by atoms with Gasteiger partial charge in [0.1, 0.15) is 0 Å². The molecule has 4 N–H and O–H groups in total. The first-order valence-electron chi connectivity index (χ1n) is 9.51. The smallest absolute Gasteiger partial charge is 0.240 e. The number of hydrogen-bond donors (Lipinski definition) is 3. The fourth-order valence-electron chi connectivity index (χ4n) is 5.67. The van der Waals surface area contributed by atoms with Gasteiger partial charge in [0.15, 0.2) is 0 Å². The highest BCUT2D eigenvalue weighted by atomic mass is 35.5. The van der Waals surface area contributed by atoms with Crippen molar-refractivity contribution in [1.82, 2.24) is 4.72 Å². The van der Waals surface area contributed by atoms with Crippen LogP contribution < -0.4 is 15.8 Å². The van der Waals surface area contributed by atoms with Crippen LogP contribution in [0.2, 0.25) is 0 Å². The van der Waals surface area contributed by atoms with Gasteiger partial charge in [-0.15, -0.1) is 12.4 Å². The summed E-state index contributed by atoms with van der Waals surface area (Å²) in [7, 11) is -3.61. The van der Waals surface area contributed by atoms with Gasteiger partial charge in [0.05, 0.1) is 10.3 Å². The summed E-state index contributed by atoms with van der Waals surface area (Å²) in [5, 5.41) is 3.01. The second-order valence-electron chi connectivity index (χ2n) is 8.37. The van der Waals surface area contributed by atoms with Crippen LogP contribution in [0.5, 0.6) is 0 Å². The predicted octanol–water partition coefficient (Wildman–Crippen LogP) is 2.50. The molecule has 4 bridgehead atoms. The van der Waals surface area contributed by atoms with Crippen molar-refractivity contribution in [3.05, 3.63) is 24.3 Å². The van der Waals surface area contributed by atoms with Crippen molar-refractivity contribution in [2.75, 3.05) is 18.4 Å². The van der Waals surface area contributed by atoms with Gasteiger partial charge in [0, 0.05) is 18.8 Å². The number of anilines is 1. The Bertz CT molecular complexity index is 777. The summed E-state index contributed by atoms with van der Waals surface area (Å²) in [5.41, 5.74) is 5.66. The van der Waals surface area contributed by atoms with Crippen molar-refractivity contribution in [3.8, 4) is 0 Å². The maximum atomic E-state index is 13.1. The Labute approximate surface area is 167 Å². The molecule has 27 heavy (non-hydrogen) atoms. The van der Waals surface area contributed by atoms with E-state index in [1.165, 1.54) is 31.4 Å². The van der Waals surface area contributed by atoms with Gasteiger partial charge in [-0.05, 0) is 74.5 Å². The molecule has 4 saturated carbocycles. The molecule has 0 radical (unpaired) electrons. The van der Waals surface area contributed by atoms with Crippen molar-refractivity contribution < 1.29 is 13.2 Å². The van der Waals surface area contributed by atoms with E-state index in [9.17, 15) is 13.2 Å². The van der Waals surface area contributed by atoms with E-state index < -0.39 is 10.0 Å². The molecule has 1 aromatic carbocycles. The minimum absolute atomic E-state index is 0. The molecule has 1 amide bonds. The number of nitrogens with two attached hydrogens (primary N) is 1. The van der Waals surface area contributed by atoms with Crippen molar-refractivity contribution in [1.29, 1.82) is 0 Å². The van der Waals surface area contributed by atoms with Gasteiger partial charge in [0.2, 0.25) is 15.9 Å². The largest absolute Gasteiger partial charge is 0.329 e. The summed E-state index contributed by atoms with van der Waals surface area (Å²) in [5.74, 6) is 2.15. The summed E-state index contributed by atoms with van der Waals surface area (Å²) in [4.78, 5) is 13.3. The first-order chi connectivity index (χ1) is 12.4. The topological polar surface area (TPSA) is 101 Å². The Kier molecular flexibility index (Phi) is 5.87. The van der Waals surface area contributed by atoms with Gasteiger partial charge >= 0.3 is 0 Å². The van der Waals surface area contributed by atoms with Gasteiger partial charge in [-0.2, -0.15) is 0 Å². The Hall–Kier alpha value is -1.15. The highest BCUT2D eigenvalue weighted by Crippen LogP contribution is 2.60. The van der Waals surface area contributed by atoms with Crippen LogP contribution in [0, 0.1) is 23.2 Å². The zero-order valence-electron chi connectivity index (χ0n) is 15.3. The average Bonchev–Trinajstić information content (AvgIpc) is 2.59. The molecule has 6 nitrogen and oxygen atoms in total. The van der Waals surface area contributed by atoms with Crippen LogP contribution in [0.25, 0.3) is 0 Å². The van der Waals surface area contributed by atoms with E-state index in [2.05, 4.69) is 10.0 Å². The van der Waals surface area contributed by atoms with Crippen LogP contribution in [-0.2, 0) is 14.8 Å². The zero-order chi connectivity index (χ0) is 18.4. The summed E-state index contributed by atoms with van der Waals surface area (Å²) in [6, 6.07) is 6.46. The molecule has 8 heteroatoms. The fourth-order valence-corrected chi connectivity index (χ4v) is 6.76. The third kappa shape index (κ3) is 4.01. The molecule has 0 atom stereocenters. The number of sulfonamides is 1. The number of benzene rings is 1. The third-order valence-corrected chi connectivity index (χ3v) is 7.82. The molecule has 0 spiro atoms. The Morgan fingerprint density at radius 1 is 1.11 bits per heavy atom. The van der Waals surface area contributed by atoms with Gasteiger partial charge in [-0.1, -0.05) is 6.07 Å². The van der Waals surface area contributed by atoms with Crippen LogP contribution in [0.1, 0.15) is 38.5 Å². The number of amides is 1. The molecule has 4 fully saturated rings. The lowest BCUT2D eigenvalue weighted by molar-refractivity contribution is -0.140. The number of halogens is 1. The first-order valence-corrected chi connectivity index (χ1v) is 11.0. The number of hydrogen-bond acceptors (Lipinski definition) is 4. The minimum Gasteiger partial charge on any atom is -0.329 e. The van der Waals surface area contributed by atoms with Crippen LogP contribution in [-0.4, -0.2) is 27.4 Å². The lowest BCUT2D eigenvalue weighted by atomic mass is 9.49. The van der Waals surface area contributed by atoms with E-state index in [4.69, 9.17) is 5.73 Å². The molecular weight excluding hydrogens is 386 g/mol. The molecule has 4 aliphatic carbocycles. The zero-order valence-corrected chi connectivity index (χ0v) is 16.9. The van der Waals surface area contributed by atoms with Gasteiger partial charge in [-0.25, -0.2) is 13.1 Å². The fraction of sp³-hybridized carbons (Fsp3) is 0.632. The average molecular weight is 414 g/mol. The van der Waals surface area contributed by atoms with Crippen LogP contribution >= 0.6 is 12.4 Å². The normalized spacial score (nSPS) is 31.4. The highest BCUT2D eigenvalue weighted by molar-refractivity contribution is 7.89. The lowest BCUT2D eigenvalue weighted by Crippen LogP contribution is -2.51. The van der Waals surface area contributed by atoms with Crippen molar-refractivity contribution in [2.45, 2.75) is 43.4 Å². The quantitative estimate of drug-likeness (QED) is 0.666. The SMILES string of the molecule is Cl.NCCNS(=O)(=O)c1cccc(NC(=O)C23CC4CC(CC(C4)C2)C3)c1. The predicted molar refractivity (Wildman–Crippen MR) is 107 cm³/mol. The Balaban J connectivity index is 0.00000210. The van der Waals surface area contributed by atoms with Gasteiger partial charge in [-0.3, -0.25) is 4.79 Å². The first kappa shape index (κ1) is 20.6. The van der Waals surface area contributed by atoms with Crippen molar-refractivity contribution >= 4 is 34.0 Å². The second kappa shape index (κ2) is 7.70. The van der Waals surface area contributed by atoms with Crippen molar-refractivity contribution in [3.63, 3.8) is 0 Å². The van der Waals surface area contributed by atoms with Crippen LogP contribution in [0.4, 0.5) is 5.69 Å². The molecule has 0 saturated heterocycles. The monoisotopic (exact) mass is 413 g/mol. The number of carbonyl (C=O) groups is 1. The molecule has 150 valence electrons. The van der Waals surface area contributed by atoms with E-state index in [0.717, 1.165) is 19.3 Å². The summed E-state index contributed by atoms with van der Waals surface area (Å²) < 4.78 is 27.0. The van der Waals surface area contributed by atoms with E-state index in [-0.39, 0.29) is 41.7 Å². The highest BCUT2D eigenvalue weighted by Gasteiger charge is 2.54. The summed E-state index contributed by atoms with van der Waals surface area (Å²) in [6.45, 7) is 0.424. The van der Waals surface area contributed by atoms with E-state index in [1.54, 1.807) is 12.1 Å². The van der Waals surface area contributed by atoms with E-state index in [1.807, 2.05) is 0 Å². The lowest BCUT2D eigenvalue weighted by Gasteiger charge is -2.55. The molecule has 4 aliphatic rings. The second-order valence-corrected chi connectivity index (χ2v) is 10.1. The Morgan fingerprint density at radius 2 is 1.70 bits per heavy atom. The van der Waals surface area contributed by atoms with Crippen molar-refractivity contribution in [2.24, 2.45) is 28.9 Å². The van der Waals surface area contributed by atoms with Gasteiger partial charge in [0.25, 0.3) is 0 Å². The van der Waals surface area contributed by atoms with Crippen LogP contribution in [0.3, 0.4) is 0 Å². The van der Waals surface area contributed by atoms with Gasteiger partial charge < -0.3 is 11.1 Å². The number of nitrogens with one attached hydrogen (secondary N) is 2. The molecule has 0 heterocycles. The Morgan fingerprint density at radius 3 is 2.26 bits per heavy atom. The third-order valence-electron chi connectivity index (χ3n) is 6.36. The molecule has 0 aliphatic heterocycles. The number of carbonyl (C=O) groups excluding carboxylic acids is 1. The minimum atomic E-state index is -3.61. The standard InChI is InChI=1S/C19H27N3O3S.ClH/c20-4-5-21-26(24,25)17-3-1-2-16(9-17)22-18(23)19-10-13-6-14(11-19)8-15(7-13)12-19;/h1-3,9,13-15,21H,4-8,10-12,20H2,(H,22,23);1H. The molecule has 0 unspecified atom stereocenters. The molecular formula is C19H28ClN3O3S. The molecule has 1 aromatic rings. The summed E-state index contributed by atoms with van der Waals surface area (Å²) >= 11 is 0.